The summed E-state index contributed by atoms with van der Waals surface area (Å²) < 4.78 is 0. The molecule has 0 bridgehead atoms. The van der Waals surface area contributed by atoms with Crippen LogP contribution in [0.2, 0.25) is 0 Å². The zero-order valence-electron chi connectivity index (χ0n) is 9.84. The minimum Gasteiger partial charge on any atom is -0.388 e. The molecular formula is C12H24N2O. The van der Waals surface area contributed by atoms with Crippen LogP contribution in [-0.4, -0.2) is 48.3 Å². The molecule has 0 radical (unpaired) electrons. The van der Waals surface area contributed by atoms with Crippen molar-refractivity contribution in [2.45, 2.75) is 50.2 Å². The van der Waals surface area contributed by atoms with Crippen LogP contribution in [0, 0.1) is 0 Å². The first kappa shape index (κ1) is 11.4. The second-order valence-electron chi connectivity index (χ2n) is 5.26. The van der Waals surface area contributed by atoms with E-state index in [0.29, 0.717) is 6.04 Å². The van der Waals surface area contributed by atoms with Crippen molar-refractivity contribution in [1.29, 1.82) is 0 Å². The largest absolute Gasteiger partial charge is 0.388 e. The van der Waals surface area contributed by atoms with Gasteiger partial charge in [-0.25, -0.2) is 0 Å². The van der Waals surface area contributed by atoms with Crippen LogP contribution in [0.1, 0.15) is 38.5 Å². The number of aliphatic hydroxyl groups is 1. The van der Waals surface area contributed by atoms with Gasteiger partial charge in [-0.05, 0) is 39.3 Å². The van der Waals surface area contributed by atoms with Gasteiger partial charge in [0, 0.05) is 19.1 Å². The van der Waals surface area contributed by atoms with E-state index < -0.39 is 5.60 Å². The number of nitrogens with zero attached hydrogens (tertiary/aromatic N) is 1. The lowest BCUT2D eigenvalue weighted by Gasteiger charge is -2.42. The zero-order chi connectivity index (χ0) is 10.7. The molecule has 0 aromatic rings. The maximum atomic E-state index is 10.6. The van der Waals surface area contributed by atoms with E-state index in [9.17, 15) is 5.11 Å². The van der Waals surface area contributed by atoms with Gasteiger partial charge in [-0.2, -0.15) is 0 Å². The molecule has 0 aromatic heterocycles. The van der Waals surface area contributed by atoms with Gasteiger partial charge < -0.3 is 15.3 Å². The Kier molecular flexibility index (Phi) is 3.65. The molecule has 0 amide bonds. The summed E-state index contributed by atoms with van der Waals surface area (Å²) in [5.74, 6) is 0. The van der Waals surface area contributed by atoms with Crippen molar-refractivity contribution in [1.82, 2.24) is 10.2 Å². The number of hydrogen-bond donors (Lipinski definition) is 2. The van der Waals surface area contributed by atoms with Crippen LogP contribution in [0.25, 0.3) is 0 Å². The number of rotatable bonds is 1. The molecule has 2 rings (SSSR count). The lowest BCUT2D eigenvalue weighted by molar-refractivity contribution is -0.0468. The van der Waals surface area contributed by atoms with Gasteiger partial charge in [-0.15, -0.1) is 0 Å². The highest BCUT2D eigenvalue weighted by atomic mass is 16.3. The summed E-state index contributed by atoms with van der Waals surface area (Å²) >= 11 is 0. The summed E-state index contributed by atoms with van der Waals surface area (Å²) in [5.41, 5.74) is -0.434. The Bertz CT molecular complexity index is 192. The Balaban J connectivity index is 1.94. The number of nitrogens with one attached hydrogen (secondary N) is 1. The third-order valence-corrected chi connectivity index (χ3v) is 4.06. The molecule has 2 heterocycles. The summed E-state index contributed by atoms with van der Waals surface area (Å²) in [6, 6.07) is 0.341. The number of piperidine rings is 1. The van der Waals surface area contributed by atoms with E-state index in [-0.39, 0.29) is 0 Å². The number of hydrogen-bond acceptors (Lipinski definition) is 3. The third-order valence-electron chi connectivity index (χ3n) is 4.06. The molecule has 0 aromatic carbocycles. The quantitative estimate of drug-likeness (QED) is 0.680. The van der Waals surface area contributed by atoms with E-state index in [2.05, 4.69) is 17.3 Å². The van der Waals surface area contributed by atoms with Crippen molar-refractivity contribution < 1.29 is 5.11 Å². The first-order chi connectivity index (χ1) is 7.21. The molecule has 0 saturated carbocycles. The first-order valence-electron chi connectivity index (χ1n) is 6.35. The molecule has 0 spiro atoms. The fraction of sp³-hybridized carbons (Fsp3) is 1.00. The zero-order valence-corrected chi connectivity index (χ0v) is 9.84. The summed E-state index contributed by atoms with van der Waals surface area (Å²) in [6.07, 6.45) is 6.88. The van der Waals surface area contributed by atoms with Crippen molar-refractivity contribution in [2.75, 3.05) is 26.7 Å². The third kappa shape index (κ3) is 2.71. The van der Waals surface area contributed by atoms with E-state index in [1.165, 1.54) is 19.3 Å². The predicted octanol–water partition coefficient (Wildman–Crippen LogP) is 0.975. The van der Waals surface area contributed by atoms with Crippen molar-refractivity contribution in [2.24, 2.45) is 0 Å². The van der Waals surface area contributed by atoms with E-state index in [1.807, 2.05) is 0 Å². The molecule has 2 aliphatic heterocycles. The highest BCUT2D eigenvalue weighted by molar-refractivity contribution is 4.95. The summed E-state index contributed by atoms with van der Waals surface area (Å²) in [5, 5.41) is 14.2. The molecule has 2 saturated heterocycles. The summed E-state index contributed by atoms with van der Waals surface area (Å²) in [4.78, 5) is 2.31. The van der Waals surface area contributed by atoms with Crippen LogP contribution in [0.4, 0.5) is 0 Å². The Morgan fingerprint density at radius 3 is 2.67 bits per heavy atom. The molecule has 1 atom stereocenters. The fourth-order valence-corrected chi connectivity index (χ4v) is 2.84. The van der Waals surface area contributed by atoms with Crippen molar-refractivity contribution in [3.63, 3.8) is 0 Å². The van der Waals surface area contributed by atoms with Gasteiger partial charge in [0.2, 0.25) is 0 Å². The molecule has 2 aliphatic rings. The van der Waals surface area contributed by atoms with Crippen molar-refractivity contribution in [3.8, 4) is 0 Å². The van der Waals surface area contributed by atoms with Gasteiger partial charge in [0.25, 0.3) is 0 Å². The highest BCUT2D eigenvalue weighted by Gasteiger charge is 2.38. The van der Waals surface area contributed by atoms with E-state index in [1.54, 1.807) is 0 Å². The van der Waals surface area contributed by atoms with Gasteiger partial charge >= 0.3 is 0 Å². The van der Waals surface area contributed by atoms with Gasteiger partial charge in [-0.3, -0.25) is 0 Å². The smallest absolute Gasteiger partial charge is 0.0824 e. The maximum Gasteiger partial charge on any atom is 0.0824 e. The molecule has 3 heteroatoms. The van der Waals surface area contributed by atoms with Crippen LogP contribution in [0.5, 0.6) is 0 Å². The SMILES string of the molecule is CN1CCC(O)(C2CCCCCN2)CC1. The maximum absolute atomic E-state index is 10.6. The van der Waals surface area contributed by atoms with E-state index in [4.69, 9.17) is 0 Å². The molecule has 88 valence electrons. The van der Waals surface area contributed by atoms with Crippen LogP contribution in [-0.2, 0) is 0 Å². The van der Waals surface area contributed by atoms with E-state index in [0.717, 1.165) is 38.9 Å². The normalized spacial score (nSPS) is 33.6. The molecule has 2 N–H and O–H groups in total. The standard InChI is InChI=1S/C12H24N2O/c1-14-9-6-12(15,7-10-14)11-5-3-2-4-8-13-11/h11,13,15H,2-10H2,1H3. The van der Waals surface area contributed by atoms with E-state index >= 15 is 0 Å². The minimum absolute atomic E-state index is 0.341. The van der Waals surface area contributed by atoms with Crippen LogP contribution in [0.15, 0.2) is 0 Å². The van der Waals surface area contributed by atoms with Crippen LogP contribution in [0.3, 0.4) is 0 Å². The number of likely N-dealkylation sites (tertiary alicyclic amines) is 1. The summed E-state index contributed by atoms with van der Waals surface area (Å²) in [7, 11) is 2.14. The predicted molar refractivity (Wildman–Crippen MR) is 61.9 cm³/mol. The van der Waals surface area contributed by atoms with Crippen molar-refractivity contribution in [3.05, 3.63) is 0 Å². The monoisotopic (exact) mass is 212 g/mol. The van der Waals surface area contributed by atoms with Crippen LogP contribution < -0.4 is 5.32 Å². The van der Waals surface area contributed by atoms with Gasteiger partial charge in [0.15, 0.2) is 0 Å². The molecule has 3 nitrogen and oxygen atoms in total. The Morgan fingerprint density at radius 2 is 1.93 bits per heavy atom. The molecule has 1 unspecified atom stereocenters. The minimum atomic E-state index is -0.434. The molecule has 2 fully saturated rings. The molecule has 0 aliphatic carbocycles. The summed E-state index contributed by atoms with van der Waals surface area (Å²) in [6.45, 7) is 3.16. The van der Waals surface area contributed by atoms with Gasteiger partial charge in [-0.1, -0.05) is 12.8 Å². The Morgan fingerprint density at radius 1 is 1.20 bits per heavy atom. The lowest BCUT2D eigenvalue weighted by Crippen LogP contribution is -2.55. The van der Waals surface area contributed by atoms with Crippen molar-refractivity contribution >= 4 is 0 Å². The fourth-order valence-electron chi connectivity index (χ4n) is 2.84. The van der Waals surface area contributed by atoms with Crippen LogP contribution >= 0.6 is 0 Å². The Hall–Kier alpha value is -0.120. The molecule has 15 heavy (non-hydrogen) atoms. The Labute approximate surface area is 92.8 Å². The van der Waals surface area contributed by atoms with Gasteiger partial charge in [0.1, 0.15) is 0 Å². The topological polar surface area (TPSA) is 35.5 Å². The second-order valence-corrected chi connectivity index (χ2v) is 5.26. The first-order valence-corrected chi connectivity index (χ1v) is 6.35. The highest BCUT2D eigenvalue weighted by Crippen LogP contribution is 2.29. The average Bonchev–Trinajstić information content (AvgIpc) is 2.51. The average molecular weight is 212 g/mol. The lowest BCUT2D eigenvalue weighted by atomic mass is 9.82. The second kappa shape index (κ2) is 4.81. The molecular weight excluding hydrogens is 188 g/mol. The van der Waals surface area contributed by atoms with Gasteiger partial charge in [0.05, 0.1) is 5.60 Å².